The number of carbonyl (C=O) groups excluding carboxylic acids is 1. The normalized spacial score (nSPS) is 13.7. The van der Waals surface area contributed by atoms with Gasteiger partial charge in [-0.05, 0) is 38.5 Å². The molecule has 280 valence electrons. The first-order valence-electron chi connectivity index (χ1n) is 19.7. The van der Waals surface area contributed by atoms with Crippen molar-refractivity contribution >= 4 is 13.8 Å². The number of carbonyl (C=O) groups is 1. The topological polar surface area (TPSA) is 117 Å². The number of ether oxygens (including phenoxy) is 2. The van der Waals surface area contributed by atoms with E-state index in [1.165, 1.54) is 135 Å². The van der Waals surface area contributed by atoms with Crippen LogP contribution in [0.1, 0.15) is 187 Å². The molecule has 3 N–H and O–H groups in total. The zero-order valence-electron chi connectivity index (χ0n) is 30.8. The van der Waals surface area contributed by atoms with Crippen molar-refractivity contribution in [1.82, 2.24) is 0 Å². The van der Waals surface area contributed by atoms with Gasteiger partial charge in [-0.2, -0.15) is 0 Å². The molecule has 0 aliphatic heterocycles. The highest BCUT2D eigenvalue weighted by Gasteiger charge is 2.25. The first kappa shape index (κ1) is 46.2. The molecular formula is C38H76NO7P. The Balaban J connectivity index is 4.06. The molecule has 0 aliphatic carbocycles. The van der Waals surface area contributed by atoms with E-state index in [0.29, 0.717) is 13.0 Å². The van der Waals surface area contributed by atoms with Gasteiger partial charge in [0, 0.05) is 19.6 Å². The number of phosphoric ester groups is 1. The predicted molar refractivity (Wildman–Crippen MR) is 197 cm³/mol. The summed E-state index contributed by atoms with van der Waals surface area (Å²) in [6.45, 7) is 4.92. The van der Waals surface area contributed by atoms with E-state index >= 15 is 0 Å². The highest BCUT2D eigenvalue weighted by atomic mass is 31.2. The van der Waals surface area contributed by atoms with Crippen molar-refractivity contribution in [2.75, 3.05) is 33.0 Å². The number of esters is 1. The lowest BCUT2D eigenvalue weighted by atomic mass is 10.0. The Morgan fingerprint density at radius 2 is 1.06 bits per heavy atom. The van der Waals surface area contributed by atoms with Gasteiger partial charge in [0.05, 0.1) is 19.8 Å². The van der Waals surface area contributed by atoms with Gasteiger partial charge in [0.15, 0.2) is 0 Å². The molecule has 0 aromatic rings. The van der Waals surface area contributed by atoms with Gasteiger partial charge in [0.2, 0.25) is 0 Å². The summed E-state index contributed by atoms with van der Waals surface area (Å²) in [5, 5.41) is 0. The Morgan fingerprint density at radius 1 is 0.617 bits per heavy atom. The molecule has 0 spiro atoms. The zero-order valence-corrected chi connectivity index (χ0v) is 31.7. The second kappa shape index (κ2) is 36.5. The molecule has 8 nitrogen and oxygen atoms in total. The molecule has 0 radical (unpaired) electrons. The van der Waals surface area contributed by atoms with Gasteiger partial charge >= 0.3 is 13.8 Å². The molecule has 2 atom stereocenters. The van der Waals surface area contributed by atoms with Crippen molar-refractivity contribution in [3.63, 3.8) is 0 Å². The number of hydrogen-bond donors (Lipinski definition) is 2. The van der Waals surface area contributed by atoms with E-state index in [4.69, 9.17) is 24.3 Å². The maximum Gasteiger partial charge on any atom is 0.472 e. The monoisotopic (exact) mass is 690 g/mol. The summed E-state index contributed by atoms with van der Waals surface area (Å²) in [4.78, 5) is 22.4. The molecule has 0 fully saturated rings. The molecule has 0 bridgehead atoms. The van der Waals surface area contributed by atoms with Gasteiger partial charge in [-0.1, -0.05) is 154 Å². The molecular weight excluding hydrogens is 613 g/mol. The molecule has 0 saturated carbocycles. The summed E-state index contributed by atoms with van der Waals surface area (Å²) in [6.07, 6.45) is 36.4. The molecule has 0 amide bonds. The van der Waals surface area contributed by atoms with Gasteiger partial charge < -0.3 is 20.1 Å². The van der Waals surface area contributed by atoms with E-state index in [1.54, 1.807) is 0 Å². The SMILES string of the molecule is CCCCCCC/C=C\CCCCCCCCOCC(COP(=O)(O)OCCN)OC(=O)CCCCCCCCCCCCCCC. The Bertz CT molecular complexity index is 737. The molecule has 0 aliphatic rings. The number of unbranched alkanes of at least 4 members (excludes halogenated alkanes) is 23. The summed E-state index contributed by atoms with van der Waals surface area (Å²) < 4.78 is 33.3. The van der Waals surface area contributed by atoms with Gasteiger partial charge in [0.1, 0.15) is 6.10 Å². The number of nitrogens with two attached hydrogens (primary N) is 1. The van der Waals surface area contributed by atoms with Crippen molar-refractivity contribution < 1.29 is 32.8 Å². The third-order valence-electron chi connectivity index (χ3n) is 8.43. The van der Waals surface area contributed by atoms with Gasteiger partial charge in [0.25, 0.3) is 0 Å². The Hall–Kier alpha value is -0.760. The quantitative estimate of drug-likeness (QED) is 0.0285. The van der Waals surface area contributed by atoms with E-state index in [-0.39, 0.29) is 32.3 Å². The zero-order chi connectivity index (χ0) is 34.5. The number of rotatable bonds is 38. The summed E-state index contributed by atoms with van der Waals surface area (Å²) in [5.41, 5.74) is 5.35. The fourth-order valence-electron chi connectivity index (χ4n) is 5.52. The van der Waals surface area contributed by atoms with Gasteiger partial charge in [-0.3, -0.25) is 13.8 Å². The minimum absolute atomic E-state index is 0.0936. The maximum absolute atomic E-state index is 12.5. The number of hydrogen-bond acceptors (Lipinski definition) is 7. The van der Waals surface area contributed by atoms with Crippen LogP contribution in [0.5, 0.6) is 0 Å². The van der Waals surface area contributed by atoms with Crippen LogP contribution in [0.3, 0.4) is 0 Å². The van der Waals surface area contributed by atoms with Crippen LogP contribution in [-0.2, 0) is 27.9 Å². The van der Waals surface area contributed by atoms with E-state index < -0.39 is 13.9 Å². The largest absolute Gasteiger partial charge is 0.472 e. The highest BCUT2D eigenvalue weighted by molar-refractivity contribution is 7.47. The summed E-state index contributed by atoms with van der Waals surface area (Å²) in [6, 6.07) is 0. The van der Waals surface area contributed by atoms with Crippen LogP contribution >= 0.6 is 7.82 Å². The minimum atomic E-state index is -4.27. The molecule has 0 rings (SSSR count). The lowest BCUT2D eigenvalue weighted by Crippen LogP contribution is -2.28. The van der Waals surface area contributed by atoms with Crippen molar-refractivity contribution in [3.8, 4) is 0 Å². The Kier molecular flexibility index (Phi) is 35.9. The van der Waals surface area contributed by atoms with Gasteiger partial charge in [-0.15, -0.1) is 0 Å². The van der Waals surface area contributed by atoms with Crippen molar-refractivity contribution in [2.24, 2.45) is 5.73 Å². The highest BCUT2D eigenvalue weighted by Crippen LogP contribution is 2.43. The van der Waals surface area contributed by atoms with Gasteiger partial charge in [-0.25, -0.2) is 4.57 Å². The maximum atomic E-state index is 12.5. The first-order valence-corrected chi connectivity index (χ1v) is 21.2. The molecule has 0 aromatic carbocycles. The molecule has 0 heterocycles. The van der Waals surface area contributed by atoms with Crippen LogP contribution in [0.2, 0.25) is 0 Å². The Morgan fingerprint density at radius 3 is 1.55 bits per heavy atom. The second-order valence-corrected chi connectivity index (χ2v) is 14.6. The van der Waals surface area contributed by atoms with Crippen molar-refractivity contribution in [3.05, 3.63) is 12.2 Å². The summed E-state index contributed by atoms with van der Waals surface area (Å²) in [7, 11) is -4.27. The lowest BCUT2D eigenvalue weighted by molar-refractivity contribution is -0.154. The third-order valence-corrected chi connectivity index (χ3v) is 9.42. The molecule has 47 heavy (non-hydrogen) atoms. The third kappa shape index (κ3) is 36.3. The Labute approximate surface area is 290 Å². The average molecular weight is 690 g/mol. The first-order chi connectivity index (χ1) is 22.9. The van der Waals surface area contributed by atoms with E-state index in [0.717, 1.165) is 32.1 Å². The smallest absolute Gasteiger partial charge is 0.457 e. The molecule has 0 aromatic heterocycles. The van der Waals surface area contributed by atoms with Crippen LogP contribution in [0.15, 0.2) is 12.2 Å². The average Bonchev–Trinajstić information content (AvgIpc) is 3.06. The van der Waals surface area contributed by atoms with Crippen LogP contribution in [0.25, 0.3) is 0 Å². The van der Waals surface area contributed by atoms with Crippen LogP contribution < -0.4 is 5.73 Å². The number of phosphoric acid groups is 1. The fraction of sp³-hybridized carbons (Fsp3) is 0.921. The van der Waals surface area contributed by atoms with E-state index in [9.17, 15) is 14.3 Å². The van der Waals surface area contributed by atoms with Crippen LogP contribution in [-0.4, -0.2) is 49.9 Å². The molecule has 9 heteroatoms. The molecule has 2 unspecified atom stereocenters. The standard InChI is InChI=1S/C38H76NO7P/c1-3-5-7-9-11-13-15-17-18-20-22-24-26-28-30-33-43-35-37(36-45-47(41,42)44-34-32-39)46-38(40)31-29-27-25-23-21-19-16-14-12-10-8-6-4-2/h15,17,37H,3-14,16,18-36,39H2,1-2H3,(H,41,42)/b17-15-. The van der Waals surface area contributed by atoms with Crippen molar-refractivity contribution in [2.45, 2.75) is 193 Å². The van der Waals surface area contributed by atoms with Crippen molar-refractivity contribution in [1.29, 1.82) is 0 Å². The minimum Gasteiger partial charge on any atom is -0.457 e. The lowest BCUT2D eigenvalue weighted by Gasteiger charge is -2.20. The van der Waals surface area contributed by atoms with Crippen LogP contribution in [0.4, 0.5) is 0 Å². The second-order valence-electron chi connectivity index (χ2n) is 13.1. The fourth-order valence-corrected chi connectivity index (χ4v) is 6.29. The van der Waals surface area contributed by atoms with E-state index in [2.05, 4.69) is 26.0 Å². The molecule has 0 saturated heterocycles. The summed E-state index contributed by atoms with van der Waals surface area (Å²) in [5.74, 6) is -0.331. The van der Waals surface area contributed by atoms with Crippen LogP contribution in [0, 0.1) is 0 Å². The number of allylic oxidation sites excluding steroid dienone is 2. The summed E-state index contributed by atoms with van der Waals surface area (Å²) >= 11 is 0. The predicted octanol–water partition coefficient (Wildman–Crippen LogP) is 11.1. The van der Waals surface area contributed by atoms with E-state index in [1.807, 2.05) is 0 Å².